The van der Waals surface area contributed by atoms with Gasteiger partial charge in [-0.25, -0.2) is 0 Å². The van der Waals surface area contributed by atoms with Crippen molar-refractivity contribution in [2.75, 3.05) is 6.54 Å². The van der Waals surface area contributed by atoms with Crippen molar-refractivity contribution in [3.8, 4) is 0 Å². The van der Waals surface area contributed by atoms with Crippen LogP contribution < -0.4 is 21.7 Å². The van der Waals surface area contributed by atoms with Crippen LogP contribution in [0.5, 0.6) is 0 Å². The topological polar surface area (TPSA) is 96.2 Å². The smallest absolute Gasteiger partial charge is 0.371 e. The van der Waals surface area contributed by atoms with Gasteiger partial charge in [-0.3, -0.25) is 9.59 Å². The SMILES string of the molecule is Cc1ccc(C(=S)NC2CCC(N)CC2NC(=O)CNC(=O)c2cccc(C(F)(F)F)c2)cc1. The lowest BCUT2D eigenvalue weighted by Gasteiger charge is -2.36. The van der Waals surface area contributed by atoms with Crippen LogP contribution in [-0.4, -0.2) is 41.5 Å². The summed E-state index contributed by atoms with van der Waals surface area (Å²) in [5.74, 6) is -1.23. The van der Waals surface area contributed by atoms with Gasteiger partial charge in [0.05, 0.1) is 18.2 Å². The summed E-state index contributed by atoms with van der Waals surface area (Å²) in [7, 11) is 0. The third kappa shape index (κ3) is 7.01. The minimum atomic E-state index is -4.56. The highest BCUT2D eigenvalue weighted by Crippen LogP contribution is 2.29. The first kappa shape index (κ1) is 25.6. The maximum Gasteiger partial charge on any atom is 0.416 e. The summed E-state index contributed by atoms with van der Waals surface area (Å²) < 4.78 is 38.6. The number of thiocarbonyl (C=S) groups is 1. The fourth-order valence-corrected chi connectivity index (χ4v) is 4.14. The first-order valence-corrected chi connectivity index (χ1v) is 11.3. The molecule has 0 saturated heterocycles. The van der Waals surface area contributed by atoms with E-state index in [2.05, 4.69) is 16.0 Å². The summed E-state index contributed by atoms with van der Waals surface area (Å²) in [5, 5.41) is 8.55. The molecule has 2 aromatic carbocycles. The average Bonchev–Trinajstić information content (AvgIpc) is 2.79. The van der Waals surface area contributed by atoms with Crippen LogP contribution in [0.3, 0.4) is 0 Å². The number of hydrogen-bond acceptors (Lipinski definition) is 4. The van der Waals surface area contributed by atoms with Crippen molar-refractivity contribution < 1.29 is 22.8 Å². The van der Waals surface area contributed by atoms with Crippen LogP contribution in [0.15, 0.2) is 48.5 Å². The van der Waals surface area contributed by atoms with Gasteiger partial charge in [-0.2, -0.15) is 13.2 Å². The molecule has 1 fully saturated rings. The molecule has 0 spiro atoms. The summed E-state index contributed by atoms with van der Waals surface area (Å²) in [6.07, 6.45) is -2.56. The molecule has 1 saturated carbocycles. The molecule has 0 heterocycles. The molecule has 2 amide bonds. The van der Waals surface area contributed by atoms with Gasteiger partial charge in [0, 0.05) is 23.2 Å². The number of rotatable bonds is 6. The number of nitrogens with one attached hydrogen (secondary N) is 3. The van der Waals surface area contributed by atoms with Gasteiger partial charge in [-0.1, -0.05) is 48.1 Å². The summed E-state index contributed by atoms with van der Waals surface area (Å²) in [4.78, 5) is 25.3. The minimum absolute atomic E-state index is 0.0870. The highest BCUT2D eigenvalue weighted by molar-refractivity contribution is 7.80. The largest absolute Gasteiger partial charge is 0.416 e. The molecule has 182 valence electrons. The number of hydrogen-bond donors (Lipinski definition) is 4. The van der Waals surface area contributed by atoms with Crippen molar-refractivity contribution in [2.24, 2.45) is 5.73 Å². The lowest BCUT2D eigenvalue weighted by atomic mass is 9.87. The molecule has 6 nitrogen and oxygen atoms in total. The zero-order chi connectivity index (χ0) is 24.9. The second-order valence-electron chi connectivity index (χ2n) is 8.45. The molecule has 1 aliphatic carbocycles. The van der Waals surface area contributed by atoms with Gasteiger partial charge in [0.15, 0.2) is 0 Å². The van der Waals surface area contributed by atoms with Crippen LogP contribution in [0.25, 0.3) is 0 Å². The third-order valence-electron chi connectivity index (χ3n) is 5.73. The molecule has 0 radical (unpaired) electrons. The number of nitrogens with two attached hydrogens (primary N) is 1. The number of amides is 2. The van der Waals surface area contributed by atoms with Crippen molar-refractivity contribution in [3.05, 3.63) is 70.8 Å². The molecule has 2 aromatic rings. The molecule has 0 aliphatic heterocycles. The molecule has 1 aliphatic rings. The highest BCUT2D eigenvalue weighted by Gasteiger charge is 2.32. The Morgan fingerprint density at radius 2 is 1.74 bits per heavy atom. The fourth-order valence-electron chi connectivity index (χ4n) is 3.85. The second-order valence-corrected chi connectivity index (χ2v) is 8.86. The Balaban J connectivity index is 1.57. The quantitative estimate of drug-likeness (QED) is 0.465. The number of carbonyl (C=O) groups is 2. The van der Waals surface area contributed by atoms with E-state index in [1.54, 1.807) is 0 Å². The van der Waals surface area contributed by atoms with Crippen molar-refractivity contribution in [1.29, 1.82) is 0 Å². The highest BCUT2D eigenvalue weighted by atomic mass is 32.1. The molecule has 34 heavy (non-hydrogen) atoms. The Morgan fingerprint density at radius 1 is 1.03 bits per heavy atom. The van der Waals surface area contributed by atoms with Gasteiger partial charge in [-0.15, -0.1) is 0 Å². The zero-order valence-electron chi connectivity index (χ0n) is 18.6. The van der Waals surface area contributed by atoms with E-state index in [1.807, 2.05) is 31.2 Å². The van der Waals surface area contributed by atoms with Crippen LogP contribution in [0.2, 0.25) is 0 Å². The molecular formula is C24H27F3N4O2S. The fraction of sp³-hybridized carbons (Fsp3) is 0.375. The lowest BCUT2D eigenvalue weighted by Crippen LogP contribution is -2.57. The first-order valence-electron chi connectivity index (χ1n) is 10.9. The Kier molecular flexibility index (Phi) is 8.27. The third-order valence-corrected chi connectivity index (χ3v) is 6.08. The maximum atomic E-state index is 12.9. The van der Waals surface area contributed by atoms with Gasteiger partial charge in [-0.05, 0) is 44.4 Å². The number of benzene rings is 2. The summed E-state index contributed by atoms with van der Waals surface area (Å²) in [6.45, 7) is 1.61. The standard InChI is InChI=1S/C24H27F3N4O2S/c1-14-5-7-15(8-6-14)23(34)31-19-10-9-18(28)12-20(19)30-21(32)13-29-22(33)16-3-2-4-17(11-16)24(25,26)27/h2-8,11,18-20H,9-10,12-13,28H2,1H3,(H,29,33)(H,30,32)(H,31,34). The van der Waals surface area contributed by atoms with Gasteiger partial charge >= 0.3 is 6.18 Å². The Hall–Kier alpha value is -2.98. The van der Waals surface area contributed by atoms with E-state index < -0.39 is 23.6 Å². The van der Waals surface area contributed by atoms with Crippen LogP contribution in [0.1, 0.15) is 46.3 Å². The van der Waals surface area contributed by atoms with Crippen LogP contribution in [-0.2, 0) is 11.0 Å². The number of halogens is 3. The van der Waals surface area contributed by atoms with Gasteiger partial charge < -0.3 is 21.7 Å². The molecular weight excluding hydrogens is 465 g/mol. The first-order chi connectivity index (χ1) is 16.0. The van der Waals surface area contributed by atoms with E-state index >= 15 is 0 Å². The van der Waals surface area contributed by atoms with Crippen molar-refractivity contribution in [2.45, 2.75) is 50.5 Å². The van der Waals surface area contributed by atoms with Crippen LogP contribution in [0.4, 0.5) is 13.2 Å². The van der Waals surface area contributed by atoms with Crippen molar-refractivity contribution in [1.82, 2.24) is 16.0 Å². The van der Waals surface area contributed by atoms with E-state index in [0.717, 1.165) is 35.7 Å². The molecule has 3 atom stereocenters. The Labute approximate surface area is 201 Å². The second kappa shape index (κ2) is 11.0. The zero-order valence-corrected chi connectivity index (χ0v) is 19.4. The monoisotopic (exact) mass is 492 g/mol. The minimum Gasteiger partial charge on any atom is -0.371 e. The van der Waals surface area contributed by atoms with E-state index in [1.165, 1.54) is 6.07 Å². The van der Waals surface area contributed by atoms with E-state index in [-0.39, 0.29) is 30.2 Å². The molecule has 5 N–H and O–H groups in total. The molecule has 0 bridgehead atoms. The van der Waals surface area contributed by atoms with E-state index in [4.69, 9.17) is 18.0 Å². The Bertz CT molecular complexity index is 1040. The molecule has 3 rings (SSSR count). The molecule has 0 aromatic heterocycles. The van der Waals surface area contributed by atoms with Crippen molar-refractivity contribution >= 4 is 29.0 Å². The predicted octanol–water partition coefficient (Wildman–Crippen LogP) is 3.07. The molecule has 10 heteroatoms. The van der Waals surface area contributed by atoms with Crippen LogP contribution >= 0.6 is 12.2 Å². The summed E-state index contributed by atoms with van der Waals surface area (Å²) >= 11 is 5.52. The van der Waals surface area contributed by atoms with Gasteiger partial charge in [0.1, 0.15) is 4.99 Å². The lowest BCUT2D eigenvalue weighted by molar-refractivity contribution is -0.137. The van der Waals surface area contributed by atoms with E-state index in [0.29, 0.717) is 17.8 Å². The Morgan fingerprint density at radius 3 is 2.41 bits per heavy atom. The van der Waals surface area contributed by atoms with Crippen LogP contribution in [0, 0.1) is 6.92 Å². The maximum absolute atomic E-state index is 12.9. The average molecular weight is 493 g/mol. The number of alkyl halides is 3. The summed E-state index contributed by atoms with van der Waals surface area (Å²) in [6, 6.07) is 11.3. The number of carbonyl (C=O) groups excluding carboxylic acids is 2. The van der Waals surface area contributed by atoms with E-state index in [9.17, 15) is 22.8 Å². The molecule has 3 unspecified atom stereocenters. The van der Waals surface area contributed by atoms with Gasteiger partial charge in [0.2, 0.25) is 5.91 Å². The summed E-state index contributed by atoms with van der Waals surface area (Å²) in [5.41, 5.74) is 6.98. The van der Waals surface area contributed by atoms with Gasteiger partial charge in [0.25, 0.3) is 5.91 Å². The van der Waals surface area contributed by atoms with Crippen molar-refractivity contribution in [3.63, 3.8) is 0 Å². The predicted molar refractivity (Wildman–Crippen MR) is 127 cm³/mol. The number of aryl methyl sites for hydroxylation is 1. The normalized spacial score (nSPS) is 20.3.